The molecule has 3 rings (SSSR count). The van der Waals surface area contributed by atoms with Crippen molar-refractivity contribution in [3.8, 4) is 0 Å². The molecule has 2 aliphatic rings. The van der Waals surface area contributed by atoms with Crippen LogP contribution in [-0.4, -0.2) is 28.5 Å². The van der Waals surface area contributed by atoms with E-state index >= 15 is 0 Å². The summed E-state index contributed by atoms with van der Waals surface area (Å²) in [5, 5.41) is 3.23. The monoisotopic (exact) mass is 270 g/mol. The molecule has 1 N–H and O–H groups in total. The molecule has 1 amide bonds. The van der Waals surface area contributed by atoms with Crippen LogP contribution in [0.5, 0.6) is 0 Å². The number of carbonyl (C=O) groups excluding carboxylic acids is 1. The standard InChI is InChI=1S/C12H14N2OS.ClH/c15-12(11-7-16-8-13-11)14-5-9-3-1-2-4-10(9)6-14;/h1-4,11,13H,5-8H2;1H. The van der Waals surface area contributed by atoms with E-state index in [0.717, 1.165) is 24.7 Å². The molecule has 2 heterocycles. The van der Waals surface area contributed by atoms with Crippen LogP contribution >= 0.6 is 24.2 Å². The van der Waals surface area contributed by atoms with Crippen LogP contribution in [0.4, 0.5) is 0 Å². The van der Waals surface area contributed by atoms with E-state index in [-0.39, 0.29) is 24.4 Å². The van der Waals surface area contributed by atoms with Crippen LogP contribution in [-0.2, 0) is 17.9 Å². The number of thioether (sulfide) groups is 1. The second-order valence-corrected chi connectivity index (χ2v) is 5.27. The predicted molar refractivity (Wildman–Crippen MR) is 72.2 cm³/mol. The van der Waals surface area contributed by atoms with Gasteiger partial charge in [0.25, 0.3) is 0 Å². The molecule has 0 spiro atoms. The van der Waals surface area contributed by atoms with E-state index in [1.54, 1.807) is 11.8 Å². The number of carbonyl (C=O) groups is 1. The van der Waals surface area contributed by atoms with Crippen molar-refractivity contribution in [3.63, 3.8) is 0 Å². The van der Waals surface area contributed by atoms with Crippen molar-refractivity contribution in [2.75, 3.05) is 11.6 Å². The molecule has 1 fully saturated rings. The maximum Gasteiger partial charge on any atom is 0.241 e. The maximum atomic E-state index is 12.2. The van der Waals surface area contributed by atoms with Crippen molar-refractivity contribution < 1.29 is 4.79 Å². The second kappa shape index (κ2) is 5.29. The molecule has 2 aliphatic heterocycles. The Morgan fingerprint density at radius 2 is 1.94 bits per heavy atom. The average molecular weight is 271 g/mol. The first-order valence-corrected chi connectivity index (χ1v) is 6.67. The summed E-state index contributed by atoms with van der Waals surface area (Å²) in [6, 6.07) is 8.32. The zero-order valence-electron chi connectivity index (χ0n) is 9.39. The van der Waals surface area contributed by atoms with Crippen molar-refractivity contribution >= 4 is 30.1 Å². The average Bonchev–Trinajstić information content (AvgIpc) is 2.97. The highest BCUT2D eigenvalue weighted by Gasteiger charge is 2.30. The lowest BCUT2D eigenvalue weighted by Crippen LogP contribution is -2.42. The highest BCUT2D eigenvalue weighted by atomic mass is 35.5. The molecule has 1 atom stereocenters. The molecule has 5 heteroatoms. The number of amides is 1. The topological polar surface area (TPSA) is 32.3 Å². The zero-order chi connectivity index (χ0) is 11.0. The van der Waals surface area contributed by atoms with Gasteiger partial charge in [-0.1, -0.05) is 24.3 Å². The molecule has 1 unspecified atom stereocenters. The SMILES string of the molecule is Cl.O=C(C1CSCN1)N1Cc2ccccc2C1. The minimum absolute atomic E-state index is 0. The Hall–Kier alpha value is -0.710. The molecular formula is C12H15ClN2OS. The first kappa shape index (κ1) is 12.7. The summed E-state index contributed by atoms with van der Waals surface area (Å²) in [6.07, 6.45) is 0. The van der Waals surface area contributed by atoms with Gasteiger partial charge in [0.15, 0.2) is 0 Å². The fraction of sp³-hybridized carbons (Fsp3) is 0.417. The molecule has 1 saturated heterocycles. The van der Waals surface area contributed by atoms with Gasteiger partial charge in [-0.05, 0) is 11.1 Å². The third-order valence-electron chi connectivity index (χ3n) is 3.17. The predicted octanol–water partition coefficient (Wildman–Crippen LogP) is 1.61. The zero-order valence-corrected chi connectivity index (χ0v) is 11.0. The Kier molecular flexibility index (Phi) is 3.97. The van der Waals surface area contributed by atoms with E-state index < -0.39 is 0 Å². The highest BCUT2D eigenvalue weighted by Crippen LogP contribution is 2.24. The van der Waals surface area contributed by atoms with Gasteiger partial charge < -0.3 is 4.90 Å². The maximum absolute atomic E-state index is 12.2. The van der Waals surface area contributed by atoms with Crippen LogP contribution < -0.4 is 5.32 Å². The van der Waals surface area contributed by atoms with E-state index in [1.807, 2.05) is 17.0 Å². The smallest absolute Gasteiger partial charge is 0.241 e. The lowest BCUT2D eigenvalue weighted by atomic mass is 10.1. The van der Waals surface area contributed by atoms with Crippen molar-refractivity contribution in [1.82, 2.24) is 10.2 Å². The highest BCUT2D eigenvalue weighted by molar-refractivity contribution is 7.99. The number of nitrogens with zero attached hydrogens (tertiary/aromatic N) is 1. The Labute approximate surface area is 111 Å². The molecule has 0 aromatic heterocycles. The van der Waals surface area contributed by atoms with Gasteiger partial charge in [0.1, 0.15) is 0 Å². The van der Waals surface area contributed by atoms with Crippen molar-refractivity contribution in [2.45, 2.75) is 19.1 Å². The number of hydrogen-bond acceptors (Lipinski definition) is 3. The van der Waals surface area contributed by atoms with Gasteiger partial charge >= 0.3 is 0 Å². The van der Waals surface area contributed by atoms with Crippen LogP contribution in [0.15, 0.2) is 24.3 Å². The van der Waals surface area contributed by atoms with Crippen LogP contribution in [0.25, 0.3) is 0 Å². The number of halogens is 1. The molecule has 0 radical (unpaired) electrons. The first-order valence-electron chi connectivity index (χ1n) is 5.51. The van der Waals surface area contributed by atoms with Crippen LogP contribution in [0.3, 0.4) is 0 Å². The fourth-order valence-corrected chi connectivity index (χ4v) is 3.20. The third-order valence-corrected chi connectivity index (χ3v) is 4.11. The van der Waals surface area contributed by atoms with Crippen LogP contribution in [0, 0.1) is 0 Å². The molecule has 3 nitrogen and oxygen atoms in total. The van der Waals surface area contributed by atoms with Crippen molar-refractivity contribution in [3.05, 3.63) is 35.4 Å². The van der Waals surface area contributed by atoms with E-state index in [0.29, 0.717) is 0 Å². The van der Waals surface area contributed by atoms with Crippen LogP contribution in [0.2, 0.25) is 0 Å². The molecular weight excluding hydrogens is 256 g/mol. The Balaban J connectivity index is 0.00000108. The van der Waals surface area contributed by atoms with Crippen molar-refractivity contribution in [1.29, 1.82) is 0 Å². The summed E-state index contributed by atoms with van der Waals surface area (Å²) in [7, 11) is 0. The number of benzene rings is 1. The van der Waals surface area contributed by atoms with E-state index in [4.69, 9.17) is 0 Å². The summed E-state index contributed by atoms with van der Waals surface area (Å²) in [5.41, 5.74) is 2.59. The molecule has 0 saturated carbocycles. The van der Waals surface area contributed by atoms with E-state index in [9.17, 15) is 4.79 Å². The number of fused-ring (bicyclic) bond motifs is 1. The van der Waals surface area contributed by atoms with Gasteiger partial charge in [-0.25, -0.2) is 0 Å². The minimum atomic E-state index is 0. The van der Waals surface area contributed by atoms with Gasteiger partial charge in [-0.2, -0.15) is 0 Å². The molecule has 1 aromatic rings. The quantitative estimate of drug-likeness (QED) is 0.842. The van der Waals surface area contributed by atoms with Gasteiger partial charge in [0.05, 0.1) is 6.04 Å². The third kappa shape index (κ3) is 2.44. The summed E-state index contributed by atoms with van der Waals surface area (Å²) in [5.74, 6) is 2.06. The Bertz CT molecular complexity index is 396. The molecule has 0 aliphatic carbocycles. The summed E-state index contributed by atoms with van der Waals surface area (Å²) < 4.78 is 0. The molecule has 0 bridgehead atoms. The van der Waals surface area contributed by atoms with Gasteiger partial charge in [0, 0.05) is 24.7 Å². The lowest BCUT2D eigenvalue weighted by Gasteiger charge is -2.19. The molecule has 17 heavy (non-hydrogen) atoms. The number of hydrogen-bond donors (Lipinski definition) is 1. The normalized spacial score (nSPS) is 22.1. The molecule has 1 aromatic carbocycles. The lowest BCUT2D eigenvalue weighted by molar-refractivity contribution is -0.133. The summed E-state index contributed by atoms with van der Waals surface area (Å²) in [4.78, 5) is 14.1. The van der Waals surface area contributed by atoms with Gasteiger partial charge in [-0.3, -0.25) is 10.1 Å². The first-order chi connectivity index (χ1) is 7.84. The summed E-state index contributed by atoms with van der Waals surface area (Å²) in [6.45, 7) is 1.55. The second-order valence-electron chi connectivity index (χ2n) is 4.23. The largest absolute Gasteiger partial charge is 0.333 e. The minimum Gasteiger partial charge on any atom is -0.333 e. The van der Waals surface area contributed by atoms with E-state index in [1.165, 1.54) is 11.1 Å². The molecule has 92 valence electrons. The number of nitrogens with one attached hydrogen (secondary N) is 1. The summed E-state index contributed by atoms with van der Waals surface area (Å²) >= 11 is 1.79. The van der Waals surface area contributed by atoms with Crippen molar-refractivity contribution in [2.24, 2.45) is 0 Å². The van der Waals surface area contributed by atoms with Crippen LogP contribution in [0.1, 0.15) is 11.1 Å². The Morgan fingerprint density at radius 1 is 1.29 bits per heavy atom. The van der Waals surface area contributed by atoms with Gasteiger partial charge in [-0.15, -0.1) is 24.2 Å². The fourth-order valence-electron chi connectivity index (χ4n) is 2.26. The van der Waals surface area contributed by atoms with Gasteiger partial charge in [0.2, 0.25) is 5.91 Å². The number of rotatable bonds is 1. The Morgan fingerprint density at radius 3 is 2.47 bits per heavy atom. The van der Waals surface area contributed by atoms with E-state index in [2.05, 4.69) is 17.4 Å².